The maximum Gasteiger partial charge on any atom is 0.123 e. The summed E-state index contributed by atoms with van der Waals surface area (Å²) in [5, 5.41) is 0. The fourth-order valence-electron chi connectivity index (χ4n) is 2.87. The highest BCUT2D eigenvalue weighted by Crippen LogP contribution is 2.21. The molecule has 0 saturated heterocycles. The number of halogens is 1. The lowest BCUT2D eigenvalue weighted by Crippen LogP contribution is -1.99. The fraction of sp³-hybridized carbons (Fsp3) is 0.190. The van der Waals surface area contributed by atoms with Crippen molar-refractivity contribution in [1.29, 1.82) is 0 Å². The van der Waals surface area contributed by atoms with E-state index in [0.717, 1.165) is 34.7 Å². The number of hydrogen-bond acceptors (Lipinski definition) is 1. The first-order valence-corrected chi connectivity index (χ1v) is 8.16. The van der Waals surface area contributed by atoms with Gasteiger partial charge in [-0.05, 0) is 68.3 Å². The summed E-state index contributed by atoms with van der Waals surface area (Å²) in [4.78, 5) is 4.58. The monoisotopic (exact) mass is 320 g/mol. The Morgan fingerprint density at radius 3 is 2.29 bits per heavy atom. The predicted octanol–water partition coefficient (Wildman–Crippen LogP) is 5.55. The van der Waals surface area contributed by atoms with E-state index in [-0.39, 0.29) is 5.82 Å². The molecule has 3 rings (SSSR count). The summed E-state index contributed by atoms with van der Waals surface area (Å²) in [5.41, 5.74) is 6.46. The van der Waals surface area contributed by atoms with Crippen molar-refractivity contribution in [2.75, 3.05) is 0 Å². The topological polar surface area (TPSA) is 17.3 Å². The quantitative estimate of drug-likeness (QED) is 0.561. The van der Waals surface area contributed by atoms with Crippen molar-refractivity contribution in [3.8, 4) is 5.69 Å². The highest BCUT2D eigenvalue weighted by molar-refractivity contribution is 5.84. The van der Waals surface area contributed by atoms with Gasteiger partial charge in [-0.3, -0.25) is 4.99 Å². The van der Waals surface area contributed by atoms with Gasteiger partial charge in [0.15, 0.2) is 0 Å². The van der Waals surface area contributed by atoms with E-state index in [9.17, 15) is 4.39 Å². The van der Waals surface area contributed by atoms with E-state index >= 15 is 0 Å². The number of hydrogen-bond donors (Lipinski definition) is 0. The first-order valence-electron chi connectivity index (χ1n) is 8.16. The molecule has 0 atom stereocenters. The Labute approximate surface area is 142 Å². The van der Waals surface area contributed by atoms with Gasteiger partial charge in [-0.15, -0.1) is 0 Å². The van der Waals surface area contributed by atoms with Crippen LogP contribution in [0.5, 0.6) is 0 Å². The first-order chi connectivity index (χ1) is 11.6. The van der Waals surface area contributed by atoms with Crippen molar-refractivity contribution < 1.29 is 4.39 Å². The standard InChI is InChI=1S/C21H21FN2/c1-4-17-5-9-20(10-6-17)23-14-18-13-15(2)24(16(18)3)21-11-7-19(22)8-12-21/h5-14H,4H2,1-3H3. The SMILES string of the molecule is CCc1ccc(N=Cc2cc(C)n(-c3ccc(F)cc3)c2C)cc1. The summed E-state index contributed by atoms with van der Waals surface area (Å²) in [7, 11) is 0. The molecule has 0 radical (unpaired) electrons. The second-order valence-electron chi connectivity index (χ2n) is 5.92. The van der Waals surface area contributed by atoms with Gasteiger partial charge in [0, 0.05) is 28.9 Å². The summed E-state index contributed by atoms with van der Waals surface area (Å²) < 4.78 is 15.3. The predicted molar refractivity (Wildman–Crippen MR) is 98.3 cm³/mol. The molecule has 0 saturated carbocycles. The third kappa shape index (κ3) is 3.30. The molecule has 0 aliphatic heterocycles. The molecule has 0 aliphatic rings. The highest BCUT2D eigenvalue weighted by Gasteiger charge is 2.09. The van der Waals surface area contributed by atoms with Crippen LogP contribution in [-0.4, -0.2) is 10.8 Å². The van der Waals surface area contributed by atoms with Gasteiger partial charge in [0.25, 0.3) is 0 Å². The van der Waals surface area contributed by atoms with E-state index < -0.39 is 0 Å². The second-order valence-corrected chi connectivity index (χ2v) is 5.92. The van der Waals surface area contributed by atoms with Crippen LogP contribution < -0.4 is 0 Å². The molecule has 1 heterocycles. The van der Waals surface area contributed by atoms with E-state index in [4.69, 9.17) is 0 Å². The Kier molecular flexibility index (Phi) is 4.61. The lowest BCUT2D eigenvalue weighted by atomic mass is 10.1. The lowest BCUT2D eigenvalue weighted by Gasteiger charge is -2.09. The third-order valence-electron chi connectivity index (χ3n) is 4.25. The zero-order valence-corrected chi connectivity index (χ0v) is 14.3. The van der Waals surface area contributed by atoms with Crippen molar-refractivity contribution in [3.63, 3.8) is 0 Å². The van der Waals surface area contributed by atoms with Crippen LogP contribution in [-0.2, 0) is 6.42 Å². The number of nitrogens with zero attached hydrogens (tertiary/aromatic N) is 2. The molecule has 2 aromatic carbocycles. The molecule has 1 aromatic heterocycles. The Morgan fingerprint density at radius 1 is 1.00 bits per heavy atom. The van der Waals surface area contributed by atoms with Crippen LogP contribution in [0.25, 0.3) is 5.69 Å². The minimum Gasteiger partial charge on any atom is -0.318 e. The molecular weight excluding hydrogens is 299 g/mol. The van der Waals surface area contributed by atoms with E-state index in [1.54, 1.807) is 12.1 Å². The molecule has 0 aliphatic carbocycles. The molecule has 0 unspecified atom stereocenters. The van der Waals surface area contributed by atoms with Gasteiger partial charge in [0.05, 0.1) is 5.69 Å². The van der Waals surface area contributed by atoms with Gasteiger partial charge in [-0.1, -0.05) is 19.1 Å². The Morgan fingerprint density at radius 2 is 1.67 bits per heavy atom. The summed E-state index contributed by atoms with van der Waals surface area (Å²) in [5.74, 6) is -0.224. The van der Waals surface area contributed by atoms with Crippen molar-refractivity contribution in [3.05, 3.63) is 82.9 Å². The van der Waals surface area contributed by atoms with Crippen LogP contribution in [0.15, 0.2) is 59.6 Å². The number of benzene rings is 2. The molecule has 0 N–H and O–H groups in total. The maximum absolute atomic E-state index is 13.1. The van der Waals surface area contributed by atoms with Crippen LogP contribution in [0.3, 0.4) is 0 Å². The molecule has 3 aromatic rings. The molecule has 0 bridgehead atoms. The van der Waals surface area contributed by atoms with Crippen LogP contribution >= 0.6 is 0 Å². The molecular formula is C21H21FN2. The summed E-state index contributed by atoms with van der Waals surface area (Å²) in [6, 6.07) is 16.9. The van der Waals surface area contributed by atoms with Crippen LogP contribution in [0.2, 0.25) is 0 Å². The lowest BCUT2D eigenvalue weighted by molar-refractivity contribution is 0.627. The Bertz CT molecular complexity index is 856. The zero-order chi connectivity index (χ0) is 17.1. The molecule has 2 nitrogen and oxygen atoms in total. The minimum atomic E-state index is -0.224. The molecule has 3 heteroatoms. The molecule has 0 spiro atoms. The van der Waals surface area contributed by atoms with E-state index in [2.05, 4.69) is 41.6 Å². The van der Waals surface area contributed by atoms with Gasteiger partial charge in [-0.25, -0.2) is 4.39 Å². The number of aliphatic imine (C=N–C) groups is 1. The molecule has 0 amide bonds. The third-order valence-corrected chi connectivity index (χ3v) is 4.25. The van der Waals surface area contributed by atoms with Crippen molar-refractivity contribution in [2.24, 2.45) is 4.99 Å². The smallest absolute Gasteiger partial charge is 0.123 e. The van der Waals surface area contributed by atoms with Gasteiger partial charge in [0.1, 0.15) is 5.82 Å². The number of aryl methyl sites for hydroxylation is 2. The number of aromatic nitrogens is 1. The first kappa shape index (κ1) is 16.2. The Hall–Kier alpha value is -2.68. The summed E-state index contributed by atoms with van der Waals surface area (Å²) >= 11 is 0. The van der Waals surface area contributed by atoms with Crippen molar-refractivity contribution in [2.45, 2.75) is 27.2 Å². The van der Waals surface area contributed by atoms with Gasteiger partial charge < -0.3 is 4.57 Å². The van der Waals surface area contributed by atoms with E-state index in [1.807, 2.05) is 25.3 Å². The Balaban J connectivity index is 1.90. The highest BCUT2D eigenvalue weighted by atomic mass is 19.1. The molecule has 0 fully saturated rings. The van der Waals surface area contributed by atoms with E-state index in [1.165, 1.54) is 17.7 Å². The molecule has 24 heavy (non-hydrogen) atoms. The molecule has 122 valence electrons. The van der Waals surface area contributed by atoms with Gasteiger partial charge >= 0.3 is 0 Å². The average Bonchev–Trinajstić information content (AvgIpc) is 2.88. The van der Waals surface area contributed by atoms with Crippen molar-refractivity contribution in [1.82, 2.24) is 4.57 Å². The normalized spacial score (nSPS) is 11.3. The summed E-state index contributed by atoms with van der Waals surface area (Å²) in [6.07, 6.45) is 2.92. The zero-order valence-electron chi connectivity index (χ0n) is 14.3. The van der Waals surface area contributed by atoms with Crippen molar-refractivity contribution >= 4 is 11.9 Å². The number of rotatable bonds is 4. The largest absolute Gasteiger partial charge is 0.318 e. The average molecular weight is 320 g/mol. The van der Waals surface area contributed by atoms with Crippen LogP contribution in [0.4, 0.5) is 10.1 Å². The van der Waals surface area contributed by atoms with Gasteiger partial charge in [-0.2, -0.15) is 0 Å². The van der Waals surface area contributed by atoms with E-state index in [0.29, 0.717) is 0 Å². The van der Waals surface area contributed by atoms with Crippen LogP contribution in [0.1, 0.15) is 29.4 Å². The summed E-state index contributed by atoms with van der Waals surface area (Å²) in [6.45, 7) is 6.24. The van der Waals surface area contributed by atoms with Gasteiger partial charge in [0.2, 0.25) is 0 Å². The second kappa shape index (κ2) is 6.83. The van der Waals surface area contributed by atoms with Crippen LogP contribution in [0, 0.1) is 19.7 Å². The fourth-order valence-corrected chi connectivity index (χ4v) is 2.87. The maximum atomic E-state index is 13.1. The minimum absolute atomic E-state index is 0.224.